The van der Waals surface area contributed by atoms with E-state index in [1.165, 1.54) is 11.1 Å². The van der Waals surface area contributed by atoms with E-state index in [1.807, 2.05) is 32.0 Å². The molecule has 122 valence electrons. The van der Waals surface area contributed by atoms with Crippen molar-refractivity contribution in [1.82, 2.24) is 0 Å². The first-order valence-electron chi connectivity index (χ1n) is 7.82. The molecule has 2 aromatic carbocycles. The van der Waals surface area contributed by atoms with Crippen molar-refractivity contribution in [3.05, 3.63) is 63.7 Å². The number of hydrogen-bond acceptors (Lipinski definition) is 2. The highest BCUT2D eigenvalue weighted by Crippen LogP contribution is 2.29. The average molecular weight is 331 g/mol. The van der Waals surface area contributed by atoms with Crippen molar-refractivity contribution in [2.45, 2.75) is 46.2 Å². The van der Waals surface area contributed by atoms with Crippen molar-refractivity contribution in [3.8, 4) is 5.75 Å². The molecule has 0 aromatic heterocycles. The van der Waals surface area contributed by atoms with Gasteiger partial charge in [0.05, 0.1) is 0 Å². The summed E-state index contributed by atoms with van der Waals surface area (Å²) in [6.45, 7) is 8.22. The number of hydrogen-bond donors (Lipinski definition) is 2. The van der Waals surface area contributed by atoms with E-state index in [-0.39, 0.29) is 12.1 Å². The Kier molecular flexibility index (Phi) is 5.56. The largest absolute Gasteiger partial charge is 0.510 e. The van der Waals surface area contributed by atoms with E-state index in [2.05, 4.69) is 19.9 Å². The Bertz CT molecular complexity index is 712. The molecule has 0 heterocycles. The lowest BCUT2D eigenvalue weighted by atomic mass is 9.92. The Morgan fingerprint density at radius 2 is 1.65 bits per heavy atom. The molecule has 1 atom stereocenters. The van der Waals surface area contributed by atoms with Crippen molar-refractivity contribution >= 4 is 8.03 Å². The van der Waals surface area contributed by atoms with Crippen LogP contribution in [0.5, 0.6) is 5.75 Å². The second-order valence-corrected chi connectivity index (χ2v) is 7.46. The van der Waals surface area contributed by atoms with Gasteiger partial charge in [0.1, 0.15) is 5.75 Å². The highest BCUT2D eigenvalue weighted by Gasteiger charge is 2.15. The van der Waals surface area contributed by atoms with E-state index < -0.39 is 8.03 Å². The molecular formula is C19H24O3P+. The Balaban J connectivity index is 2.33. The molecular weight excluding hydrogens is 307 g/mol. The van der Waals surface area contributed by atoms with Crippen molar-refractivity contribution in [2.24, 2.45) is 0 Å². The molecule has 0 bridgehead atoms. The van der Waals surface area contributed by atoms with Gasteiger partial charge in [0.2, 0.25) is 6.16 Å². The minimum atomic E-state index is -2.15. The number of aromatic hydroxyl groups is 1. The standard InChI is InChI=1S/C19H23O3P/c1-12(2)17-9-15(5-6-19(17)20)10-18-13(3)7-16(8-14(18)4)11-23(21)22/h5-9,12H,10-11H2,1-4H3,(H-,20,21,22)/p+1. The van der Waals surface area contributed by atoms with Gasteiger partial charge in [0, 0.05) is 5.56 Å². The van der Waals surface area contributed by atoms with Gasteiger partial charge >= 0.3 is 8.03 Å². The highest BCUT2D eigenvalue weighted by molar-refractivity contribution is 7.37. The maximum atomic E-state index is 11.0. The Morgan fingerprint density at radius 1 is 1.04 bits per heavy atom. The van der Waals surface area contributed by atoms with Gasteiger partial charge < -0.3 is 5.11 Å². The van der Waals surface area contributed by atoms with Crippen LogP contribution in [0.3, 0.4) is 0 Å². The van der Waals surface area contributed by atoms with Crippen LogP contribution in [0, 0.1) is 13.8 Å². The number of benzene rings is 2. The van der Waals surface area contributed by atoms with Gasteiger partial charge in [-0.25, -0.2) is 0 Å². The SMILES string of the molecule is Cc1cc(C[P+](=O)O)cc(C)c1Cc1ccc(O)c(C(C)C)c1. The quantitative estimate of drug-likeness (QED) is 0.762. The van der Waals surface area contributed by atoms with E-state index >= 15 is 0 Å². The fourth-order valence-corrected chi connectivity index (χ4v) is 3.48. The van der Waals surface area contributed by atoms with E-state index in [0.717, 1.165) is 28.7 Å². The first-order chi connectivity index (χ1) is 10.8. The zero-order valence-corrected chi connectivity index (χ0v) is 15.0. The summed E-state index contributed by atoms with van der Waals surface area (Å²) in [5.74, 6) is 0.625. The lowest BCUT2D eigenvalue weighted by Crippen LogP contribution is -1.99. The minimum Gasteiger partial charge on any atom is -0.508 e. The molecule has 2 rings (SSSR count). The molecule has 4 heteroatoms. The van der Waals surface area contributed by atoms with Crippen molar-refractivity contribution in [1.29, 1.82) is 0 Å². The molecule has 0 radical (unpaired) electrons. The highest BCUT2D eigenvalue weighted by atomic mass is 31.1. The fourth-order valence-electron chi connectivity index (χ4n) is 2.99. The number of phenols is 1. The maximum absolute atomic E-state index is 11.0. The Hall–Kier alpha value is -1.70. The van der Waals surface area contributed by atoms with E-state index in [9.17, 15) is 9.67 Å². The third-order valence-corrected chi connectivity index (χ3v) is 4.80. The third kappa shape index (κ3) is 4.40. The van der Waals surface area contributed by atoms with Crippen LogP contribution in [-0.4, -0.2) is 10.00 Å². The maximum Gasteiger partial charge on any atom is 0.510 e. The molecule has 0 aliphatic carbocycles. The molecule has 3 nitrogen and oxygen atoms in total. The molecule has 1 unspecified atom stereocenters. The van der Waals surface area contributed by atoms with Crippen LogP contribution in [0.2, 0.25) is 0 Å². The van der Waals surface area contributed by atoms with Crippen molar-refractivity contribution in [2.75, 3.05) is 0 Å². The Labute approximate surface area is 138 Å². The van der Waals surface area contributed by atoms with E-state index in [0.29, 0.717) is 5.75 Å². The summed E-state index contributed by atoms with van der Waals surface area (Å²) in [7, 11) is -2.15. The van der Waals surface area contributed by atoms with Crippen LogP contribution in [0.4, 0.5) is 0 Å². The Morgan fingerprint density at radius 3 is 2.17 bits per heavy atom. The molecule has 0 aliphatic heterocycles. The predicted octanol–water partition coefficient (Wildman–Crippen LogP) is 4.96. The molecule has 0 spiro atoms. The summed E-state index contributed by atoms with van der Waals surface area (Å²) in [6, 6.07) is 9.78. The van der Waals surface area contributed by atoms with Crippen LogP contribution in [0.15, 0.2) is 30.3 Å². The smallest absolute Gasteiger partial charge is 0.508 e. The number of phenolic OH excluding ortho intramolecular Hbond substituents is 1. The summed E-state index contributed by atoms with van der Waals surface area (Å²) in [6.07, 6.45) is 0.997. The van der Waals surface area contributed by atoms with Gasteiger partial charge in [-0.15, -0.1) is 0 Å². The monoisotopic (exact) mass is 331 g/mol. The van der Waals surface area contributed by atoms with E-state index in [1.54, 1.807) is 6.07 Å². The first kappa shape index (κ1) is 17.7. The summed E-state index contributed by atoms with van der Waals surface area (Å²) >= 11 is 0. The van der Waals surface area contributed by atoms with Crippen LogP contribution in [-0.2, 0) is 17.1 Å². The average Bonchev–Trinajstić information content (AvgIpc) is 2.43. The van der Waals surface area contributed by atoms with Gasteiger partial charge in [-0.1, -0.05) is 38.1 Å². The molecule has 0 aliphatic rings. The van der Waals surface area contributed by atoms with Crippen LogP contribution in [0.1, 0.15) is 53.1 Å². The molecule has 0 saturated heterocycles. The summed E-state index contributed by atoms with van der Waals surface area (Å²) in [5.41, 5.74) is 6.54. The van der Waals surface area contributed by atoms with Gasteiger partial charge in [-0.2, -0.15) is 4.89 Å². The van der Waals surface area contributed by atoms with Crippen LogP contribution in [0.25, 0.3) is 0 Å². The van der Waals surface area contributed by atoms with Crippen LogP contribution < -0.4 is 0 Å². The number of aryl methyl sites for hydroxylation is 2. The third-order valence-electron chi connectivity index (χ3n) is 4.17. The molecule has 23 heavy (non-hydrogen) atoms. The molecule has 2 aromatic rings. The normalized spacial score (nSPS) is 11.8. The van der Waals surface area contributed by atoms with Crippen molar-refractivity contribution < 1.29 is 14.6 Å². The molecule has 2 N–H and O–H groups in total. The fraction of sp³-hybridized carbons (Fsp3) is 0.368. The first-order valence-corrected chi connectivity index (χ1v) is 9.22. The number of rotatable bonds is 5. The summed E-state index contributed by atoms with van der Waals surface area (Å²) in [4.78, 5) is 9.09. The topological polar surface area (TPSA) is 57.5 Å². The zero-order valence-electron chi connectivity index (χ0n) is 14.1. The van der Waals surface area contributed by atoms with E-state index in [4.69, 9.17) is 4.89 Å². The lowest BCUT2D eigenvalue weighted by Gasteiger charge is -2.14. The van der Waals surface area contributed by atoms with Gasteiger partial charge in [0.25, 0.3) is 0 Å². The van der Waals surface area contributed by atoms with Crippen molar-refractivity contribution in [3.63, 3.8) is 0 Å². The second-order valence-electron chi connectivity index (χ2n) is 6.44. The molecule has 0 saturated carbocycles. The molecule has 0 fully saturated rings. The molecule has 0 amide bonds. The van der Waals surface area contributed by atoms with Gasteiger partial charge in [0.15, 0.2) is 0 Å². The summed E-state index contributed by atoms with van der Waals surface area (Å²) in [5, 5.41) is 9.95. The summed E-state index contributed by atoms with van der Waals surface area (Å²) < 4.78 is 11.0. The van der Waals surface area contributed by atoms with Gasteiger partial charge in [-0.05, 0) is 64.6 Å². The lowest BCUT2D eigenvalue weighted by molar-refractivity contribution is 0.464. The minimum absolute atomic E-state index is 0.202. The zero-order chi connectivity index (χ0) is 17.1. The second kappa shape index (κ2) is 7.25. The van der Waals surface area contributed by atoms with Crippen LogP contribution >= 0.6 is 8.03 Å². The predicted molar refractivity (Wildman–Crippen MR) is 94.4 cm³/mol. The van der Waals surface area contributed by atoms with Gasteiger partial charge in [-0.3, -0.25) is 0 Å².